The molecule has 0 unspecified atom stereocenters. The lowest BCUT2D eigenvalue weighted by molar-refractivity contribution is 0.550. The highest BCUT2D eigenvalue weighted by Crippen LogP contribution is 2.30. The van der Waals surface area contributed by atoms with Gasteiger partial charge < -0.3 is 15.9 Å². The van der Waals surface area contributed by atoms with E-state index >= 15 is 0 Å². The molecule has 86 valence electrons. The molecule has 0 saturated heterocycles. The van der Waals surface area contributed by atoms with Crippen LogP contribution in [-0.4, -0.2) is 11.5 Å². The van der Waals surface area contributed by atoms with Crippen LogP contribution in [0, 0.1) is 0 Å². The van der Waals surface area contributed by atoms with Crippen molar-refractivity contribution in [3.05, 3.63) is 36.1 Å². The third-order valence-corrected chi connectivity index (χ3v) is 2.84. The van der Waals surface area contributed by atoms with Gasteiger partial charge in [-0.05, 0) is 18.7 Å². The van der Waals surface area contributed by atoms with E-state index in [4.69, 9.17) is 15.9 Å². The number of anilines is 1. The van der Waals surface area contributed by atoms with Gasteiger partial charge in [0.2, 0.25) is 0 Å². The Morgan fingerprint density at radius 1 is 1.18 bits per heavy atom. The van der Waals surface area contributed by atoms with Crippen molar-refractivity contribution in [2.45, 2.75) is 6.42 Å². The molecule has 3 aromatic rings. The number of nitrogens with zero attached hydrogens (tertiary/aromatic N) is 1. The van der Waals surface area contributed by atoms with E-state index < -0.39 is 0 Å². The van der Waals surface area contributed by atoms with Crippen molar-refractivity contribution in [2.24, 2.45) is 5.73 Å². The maximum atomic E-state index is 5.90. The van der Waals surface area contributed by atoms with Gasteiger partial charge in [0.15, 0.2) is 11.4 Å². The molecule has 0 radical (unpaired) electrons. The number of pyridine rings is 1. The third-order valence-electron chi connectivity index (χ3n) is 2.84. The number of hydrogen-bond donors (Lipinski definition) is 2. The number of nitrogen functional groups attached to an aromatic ring is 1. The molecule has 2 heterocycles. The maximum Gasteiger partial charge on any atom is 0.176 e. The molecule has 0 bridgehead atoms. The van der Waals surface area contributed by atoms with Crippen LogP contribution >= 0.6 is 0 Å². The number of furan rings is 1. The van der Waals surface area contributed by atoms with Gasteiger partial charge in [-0.1, -0.05) is 18.2 Å². The Bertz CT molecular complexity index is 688. The lowest BCUT2D eigenvalue weighted by atomic mass is 10.1. The SMILES string of the molecule is NCCc1cc2c(o1)c(N)nc1ccccc12. The summed E-state index contributed by atoms with van der Waals surface area (Å²) < 4.78 is 5.68. The molecule has 4 N–H and O–H groups in total. The van der Waals surface area contributed by atoms with Crippen LogP contribution in [0.1, 0.15) is 5.76 Å². The Kier molecular flexibility index (Phi) is 2.23. The minimum absolute atomic E-state index is 0.432. The quantitative estimate of drug-likeness (QED) is 0.702. The molecule has 3 rings (SSSR count). The fourth-order valence-corrected chi connectivity index (χ4v) is 2.08. The fraction of sp³-hybridized carbons (Fsp3) is 0.154. The standard InChI is InChI=1S/C13H13N3O/c14-6-5-8-7-10-9-3-1-2-4-11(9)16-13(15)12(10)17-8/h1-4,7H,5-6,14H2,(H2,15,16). The van der Waals surface area contributed by atoms with Gasteiger partial charge in [0.25, 0.3) is 0 Å². The van der Waals surface area contributed by atoms with E-state index in [0.29, 0.717) is 24.4 Å². The number of rotatable bonds is 2. The smallest absolute Gasteiger partial charge is 0.176 e. The zero-order valence-corrected chi connectivity index (χ0v) is 9.31. The summed E-state index contributed by atoms with van der Waals surface area (Å²) in [5.41, 5.74) is 13.0. The van der Waals surface area contributed by atoms with Gasteiger partial charge >= 0.3 is 0 Å². The highest BCUT2D eigenvalue weighted by molar-refractivity contribution is 6.07. The van der Waals surface area contributed by atoms with Crippen LogP contribution in [0.15, 0.2) is 34.7 Å². The molecule has 4 heteroatoms. The molecular formula is C13H13N3O. The van der Waals surface area contributed by atoms with Crippen molar-refractivity contribution in [1.29, 1.82) is 0 Å². The molecule has 17 heavy (non-hydrogen) atoms. The predicted molar refractivity (Wildman–Crippen MR) is 68.7 cm³/mol. The number of hydrogen-bond acceptors (Lipinski definition) is 4. The normalized spacial score (nSPS) is 11.4. The maximum absolute atomic E-state index is 5.90. The minimum atomic E-state index is 0.432. The first-order valence-corrected chi connectivity index (χ1v) is 5.56. The van der Waals surface area contributed by atoms with Crippen LogP contribution in [0.5, 0.6) is 0 Å². The first-order chi connectivity index (χ1) is 8.29. The fourth-order valence-electron chi connectivity index (χ4n) is 2.08. The van der Waals surface area contributed by atoms with Gasteiger partial charge in [-0.2, -0.15) is 0 Å². The average Bonchev–Trinajstić information content (AvgIpc) is 2.74. The summed E-state index contributed by atoms with van der Waals surface area (Å²) in [6.45, 7) is 0.561. The van der Waals surface area contributed by atoms with Crippen molar-refractivity contribution in [1.82, 2.24) is 4.98 Å². The second kappa shape index (κ2) is 3.75. The van der Waals surface area contributed by atoms with Gasteiger partial charge in [-0.15, -0.1) is 0 Å². The Morgan fingerprint density at radius 3 is 2.82 bits per heavy atom. The Labute approximate surface area is 98.2 Å². The molecule has 0 amide bonds. The van der Waals surface area contributed by atoms with E-state index in [1.54, 1.807) is 0 Å². The summed E-state index contributed by atoms with van der Waals surface area (Å²) in [7, 11) is 0. The molecule has 0 aliphatic carbocycles. The van der Waals surface area contributed by atoms with Gasteiger partial charge in [-0.3, -0.25) is 0 Å². The molecule has 4 nitrogen and oxygen atoms in total. The Hall–Kier alpha value is -2.07. The zero-order valence-electron chi connectivity index (χ0n) is 9.31. The molecule has 0 fully saturated rings. The number of para-hydroxylation sites is 1. The van der Waals surface area contributed by atoms with E-state index in [1.165, 1.54) is 0 Å². The van der Waals surface area contributed by atoms with Crippen LogP contribution < -0.4 is 11.5 Å². The van der Waals surface area contributed by atoms with E-state index in [2.05, 4.69) is 4.98 Å². The van der Waals surface area contributed by atoms with Crippen LogP contribution in [0.3, 0.4) is 0 Å². The lowest BCUT2D eigenvalue weighted by Gasteiger charge is -1.99. The number of fused-ring (bicyclic) bond motifs is 3. The first-order valence-electron chi connectivity index (χ1n) is 5.56. The van der Waals surface area contributed by atoms with Crippen molar-refractivity contribution >= 4 is 27.7 Å². The van der Waals surface area contributed by atoms with E-state index in [1.807, 2.05) is 30.3 Å². The van der Waals surface area contributed by atoms with Gasteiger partial charge in [-0.25, -0.2) is 4.98 Å². The summed E-state index contributed by atoms with van der Waals surface area (Å²) in [4.78, 5) is 4.33. The van der Waals surface area contributed by atoms with Crippen molar-refractivity contribution in [2.75, 3.05) is 12.3 Å². The first kappa shape index (κ1) is 10.1. The number of nitrogens with two attached hydrogens (primary N) is 2. The average molecular weight is 227 g/mol. The summed E-state index contributed by atoms with van der Waals surface area (Å²) in [6, 6.07) is 9.89. The minimum Gasteiger partial charge on any atom is -0.457 e. The molecular weight excluding hydrogens is 214 g/mol. The predicted octanol–water partition coefficient (Wildman–Crippen LogP) is 2.06. The van der Waals surface area contributed by atoms with Gasteiger partial charge in [0, 0.05) is 17.2 Å². The molecule has 0 aliphatic heterocycles. The van der Waals surface area contributed by atoms with Crippen LogP contribution in [0.25, 0.3) is 21.9 Å². The zero-order chi connectivity index (χ0) is 11.8. The van der Waals surface area contributed by atoms with Crippen LogP contribution in [-0.2, 0) is 6.42 Å². The monoisotopic (exact) mass is 227 g/mol. The van der Waals surface area contributed by atoms with Crippen LogP contribution in [0.4, 0.5) is 5.82 Å². The molecule has 0 atom stereocenters. The van der Waals surface area contributed by atoms with E-state index in [0.717, 1.165) is 22.0 Å². The molecule has 0 saturated carbocycles. The second-order valence-corrected chi connectivity index (χ2v) is 4.01. The topological polar surface area (TPSA) is 78.1 Å². The van der Waals surface area contributed by atoms with Crippen LogP contribution in [0.2, 0.25) is 0 Å². The largest absolute Gasteiger partial charge is 0.457 e. The summed E-state index contributed by atoms with van der Waals surface area (Å²) in [5, 5.41) is 2.07. The lowest BCUT2D eigenvalue weighted by Crippen LogP contribution is -2.01. The molecule has 0 aliphatic rings. The van der Waals surface area contributed by atoms with Crippen molar-refractivity contribution in [3.8, 4) is 0 Å². The highest BCUT2D eigenvalue weighted by atomic mass is 16.3. The third kappa shape index (κ3) is 1.54. The molecule has 2 aromatic heterocycles. The van der Waals surface area contributed by atoms with Crippen molar-refractivity contribution in [3.63, 3.8) is 0 Å². The number of benzene rings is 1. The van der Waals surface area contributed by atoms with E-state index in [9.17, 15) is 0 Å². The van der Waals surface area contributed by atoms with Gasteiger partial charge in [0.05, 0.1) is 5.52 Å². The van der Waals surface area contributed by atoms with E-state index in [-0.39, 0.29) is 0 Å². The molecule has 0 spiro atoms. The summed E-state index contributed by atoms with van der Waals surface area (Å²) in [6.07, 6.45) is 0.711. The Morgan fingerprint density at radius 2 is 2.00 bits per heavy atom. The second-order valence-electron chi connectivity index (χ2n) is 4.01. The Balaban J connectivity index is 2.39. The highest BCUT2D eigenvalue weighted by Gasteiger charge is 2.11. The number of aromatic nitrogens is 1. The summed E-state index contributed by atoms with van der Waals surface area (Å²) >= 11 is 0. The summed E-state index contributed by atoms with van der Waals surface area (Å²) in [5.74, 6) is 1.29. The van der Waals surface area contributed by atoms with Gasteiger partial charge in [0.1, 0.15) is 5.76 Å². The van der Waals surface area contributed by atoms with Crippen molar-refractivity contribution < 1.29 is 4.42 Å². The molecule has 1 aromatic carbocycles.